The second-order valence-corrected chi connectivity index (χ2v) is 6.06. The molecule has 0 radical (unpaired) electrons. The minimum absolute atomic E-state index is 0.762. The Morgan fingerprint density at radius 2 is 1.82 bits per heavy atom. The number of benzene rings is 1. The molecule has 0 aliphatic heterocycles. The predicted octanol–water partition coefficient (Wildman–Crippen LogP) is 4.33. The van der Waals surface area contributed by atoms with Crippen LogP contribution in [0.15, 0.2) is 27.1 Å². The van der Waals surface area contributed by atoms with Gasteiger partial charge in [-0.25, -0.2) is 0 Å². The summed E-state index contributed by atoms with van der Waals surface area (Å²) in [7, 11) is 2.07. The molecule has 1 aliphatic carbocycles. The normalized spacial score (nSPS) is 16.2. The molecule has 0 spiro atoms. The van der Waals surface area contributed by atoms with Gasteiger partial charge < -0.3 is 11.1 Å². The molecule has 4 heteroatoms. The lowest BCUT2D eigenvalue weighted by Gasteiger charge is -2.20. The smallest absolute Gasteiger partial charge is 0.0459 e. The lowest BCUT2D eigenvalue weighted by molar-refractivity contribution is 0.394. The number of nitrogens with one attached hydrogen (secondary N) is 1. The van der Waals surface area contributed by atoms with Crippen LogP contribution in [0.3, 0.4) is 0 Å². The Hall–Kier alpha value is -0.0600. The average Bonchev–Trinajstić information content (AvgIpc) is 2.36. The molecule has 3 N–H and O–H groups in total. The molecule has 0 unspecified atom stereocenters. The third-order valence-electron chi connectivity index (χ3n) is 2.98. The van der Waals surface area contributed by atoms with Crippen LogP contribution in [0.2, 0.25) is 0 Å². The Balaban J connectivity index is 0.000000171. The van der Waals surface area contributed by atoms with Crippen molar-refractivity contribution in [2.45, 2.75) is 38.1 Å². The number of nitrogen functional groups attached to an aromatic ring is 1. The van der Waals surface area contributed by atoms with Gasteiger partial charge in [-0.1, -0.05) is 35.2 Å². The lowest BCUT2D eigenvalue weighted by Crippen LogP contribution is -2.26. The van der Waals surface area contributed by atoms with E-state index in [1.165, 1.54) is 32.1 Å². The van der Waals surface area contributed by atoms with E-state index in [9.17, 15) is 0 Å². The van der Waals surface area contributed by atoms with Crippen molar-refractivity contribution in [2.24, 2.45) is 0 Å². The second-order valence-electron chi connectivity index (χ2n) is 4.29. The maximum Gasteiger partial charge on any atom is 0.0459 e. The van der Waals surface area contributed by atoms with Crippen molar-refractivity contribution < 1.29 is 0 Å². The Labute approximate surface area is 121 Å². The van der Waals surface area contributed by atoms with Gasteiger partial charge in [0.25, 0.3) is 0 Å². The van der Waals surface area contributed by atoms with Crippen LogP contribution >= 0.6 is 31.9 Å². The Bertz CT molecular complexity index is 336. The van der Waals surface area contributed by atoms with E-state index in [4.69, 9.17) is 5.73 Å². The Morgan fingerprint density at radius 3 is 2.24 bits per heavy atom. The summed E-state index contributed by atoms with van der Waals surface area (Å²) < 4.78 is 1.96. The first-order chi connectivity index (χ1) is 8.13. The fourth-order valence-electron chi connectivity index (χ4n) is 1.89. The summed E-state index contributed by atoms with van der Waals surface area (Å²) >= 11 is 6.60. The molecular formula is C13H20Br2N2. The van der Waals surface area contributed by atoms with Crippen molar-refractivity contribution >= 4 is 37.5 Å². The zero-order chi connectivity index (χ0) is 12.7. The van der Waals surface area contributed by atoms with Gasteiger partial charge in [-0.05, 0) is 54.0 Å². The number of hydrogen-bond acceptors (Lipinski definition) is 2. The molecule has 0 bridgehead atoms. The van der Waals surface area contributed by atoms with Crippen molar-refractivity contribution in [3.8, 4) is 0 Å². The number of hydrogen-bond donors (Lipinski definition) is 2. The first-order valence-electron chi connectivity index (χ1n) is 6.01. The summed E-state index contributed by atoms with van der Waals surface area (Å²) in [5, 5.41) is 3.30. The van der Waals surface area contributed by atoms with Crippen LogP contribution < -0.4 is 11.1 Å². The van der Waals surface area contributed by atoms with E-state index >= 15 is 0 Å². The van der Waals surface area contributed by atoms with Crippen LogP contribution in [0, 0.1) is 0 Å². The highest BCUT2D eigenvalue weighted by molar-refractivity contribution is 9.11. The van der Waals surface area contributed by atoms with E-state index < -0.39 is 0 Å². The molecule has 0 amide bonds. The molecule has 0 aromatic heterocycles. The average molecular weight is 364 g/mol. The highest BCUT2D eigenvalue weighted by atomic mass is 79.9. The minimum Gasteiger partial charge on any atom is -0.398 e. The maximum absolute atomic E-state index is 5.52. The van der Waals surface area contributed by atoms with Crippen molar-refractivity contribution in [3.05, 3.63) is 27.1 Å². The zero-order valence-electron chi connectivity index (χ0n) is 10.2. The molecule has 1 aliphatic rings. The summed E-state index contributed by atoms with van der Waals surface area (Å²) in [5.74, 6) is 0. The van der Waals surface area contributed by atoms with Gasteiger partial charge >= 0.3 is 0 Å². The van der Waals surface area contributed by atoms with Gasteiger partial charge in [0.15, 0.2) is 0 Å². The minimum atomic E-state index is 0.762. The third kappa shape index (κ3) is 5.89. The van der Waals surface area contributed by atoms with Gasteiger partial charge in [-0.2, -0.15) is 0 Å². The van der Waals surface area contributed by atoms with Crippen molar-refractivity contribution in [2.75, 3.05) is 12.8 Å². The monoisotopic (exact) mass is 362 g/mol. The molecule has 2 nitrogen and oxygen atoms in total. The van der Waals surface area contributed by atoms with Crippen molar-refractivity contribution in [1.29, 1.82) is 0 Å². The first kappa shape index (κ1) is 15.0. The number of nitrogens with two attached hydrogens (primary N) is 1. The van der Waals surface area contributed by atoms with Gasteiger partial charge in [-0.3, -0.25) is 0 Å². The van der Waals surface area contributed by atoms with Gasteiger partial charge in [-0.15, -0.1) is 0 Å². The first-order valence-corrected chi connectivity index (χ1v) is 7.60. The van der Waals surface area contributed by atoms with E-state index in [0.717, 1.165) is 20.7 Å². The molecule has 0 atom stereocenters. The van der Waals surface area contributed by atoms with Crippen LogP contribution in [-0.4, -0.2) is 13.1 Å². The molecule has 0 heterocycles. The summed E-state index contributed by atoms with van der Waals surface area (Å²) in [5.41, 5.74) is 6.28. The van der Waals surface area contributed by atoms with E-state index in [0.29, 0.717) is 0 Å². The predicted molar refractivity (Wildman–Crippen MR) is 82.2 cm³/mol. The van der Waals surface area contributed by atoms with E-state index in [1.54, 1.807) is 0 Å². The third-order valence-corrected chi connectivity index (χ3v) is 4.16. The Kier molecular flexibility index (Phi) is 7.16. The SMILES string of the molecule is CNC1CCCCC1.Nc1ccc(Br)cc1Br. The number of anilines is 1. The van der Waals surface area contributed by atoms with Gasteiger partial charge in [0.2, 0.25) is 0 Å². The Morgan fingerprint density at radius 1 is 1.18 bits per heavy atom. The van der Waals surface area contributed by atoms with Gasteiger partial charge in [0.1, 0.15) is 0 Å². The van der Waals surface area contributed by atoms with Crippen molar-refractivity contribution in [1.82, 2.24) is 5.32 Å². The maximum atomic E-state index is 5.52. The van der Waals surface area contributed by atoms with E-state index in [2.05, 4.69) is 44.2 Å². The highest BCUT2D eigenvalue weighted by Gasteiger charge is 2.09. The van der Waals surface area contributed by atoms with Crippen LogP contribution in [-0.2, 0) is 0 Å². The fraction of sp³-hybridized carbons (Fsp3) is 0.538. The molecule has 17 heavy (non-hydrogen) atoms. The summed E-state index contributed by atoms with van der Waals surface area (Å²) in [6.45, 7) is 0. The van der Waals surface area contributed by atoms with Crippen LogP contribution in [0.5, 0.6) is 0 Å². The molecule has 1 fully saturated rings. The lowest BCUT2D eigenvalue weighted by atomic mass is 9.96. The molecule has 1 aromatic carbocycles. The quantitative estimate of drug-likeness (QED) is 0.728. The van der Waals surface area contributed by atoms with E-state index in [1.807, 2.05) is 18.2 Å². The van der Waals surface area contributed by atoms with Crippen LogP contribution in [0.4, 0.5) is 5.69 Å². The summed E-state index contributed by atoms with van der Waals surface area (Å²) in [6, 6.07) is 6.49. The highest BCUT2D eigenvalue weighted by Crippen LogP contribution is 2.22. The van der Waals surface area contributed by atoms with Crippen molar-refractivity contribution in [3.63, 3.8) is 0 Å². The van der Waals surface area contributed by atoms with Crippen LogP contribution in [0.25, 0.3) is 0 Å². The molecule has 1 aromatic rings. The number of halogens is 2. The molecule has 96 valence electrons. The largest absolute Gasteiger partial charge is 0.398 e. The molecule has 0 saturated heterocycles. The summed E-state index contributed by atoms with van der Waals surface area (Å²) in [6.07, 6.45) is 7.13. The zero-order valence-corrected chi connectivity index (χ0v) is 13.4. The molecular weight excluding hydrogens is 344 g/mol. The standard InChI is InChI=1S/C7H15N.C6H5Br2N/c1-8-7-5-3-2-4-6-7;7-4-1-2-6(9)5(8)3-4/h7-8H,2-6H2,1H3;1-3H,9H2. The topological polar surface area (TPSA) is 38.0 Å². The fourth-order valence-corrected chi connectivity index (χ4v) is 2.94. The molecule has 2 rings (SSSR count). The van der Waals surface area contributed by atoms with Crippen LogP contribution in [0.1, 0.15) is 32.1 Å². The summed E-state index contributed by atoms with van der Waals surface area (Å²) in [4.78, 5) is 0. The second kappa shape index (κ2) is 8.11. The molecule has 1 saturated carbocycles. The van der Waals surface area contributed by atoms with E-state index in [-0.39, 0.29) is 0 Å². The van der Waals surface area contributed by atoms with Gasteiger partial charge in [0.05, 0.1) is 0 Å². The van der Waals surface area contributed by atoms with Gasteiger partial charge in [0, 0.05) is 20.7 Å². The number of rotatable bonds is 1.